The van der Waals surface area contributed by atoms with Crippen molar-refractivity contribution in [1.82, 2.24) is 19.6 Å². The van der Waals surface area contributed by atoms with E-state index in [9.17, 15) is 14.9 Å². The lowest BCUT2D eigenvalue weighted by molar-refractivity contribution is -0.384. The van der Waals surface area contributed by atoms with E-state index in [-0.39, 0.29) is 11.2 Å². The summed E-state index contributed by atoms with van der Waals surface area (Å²) < 4.78 is 1.76. The highest BCUT2D eigenvalue weighted by Crippen LogP contribution is 2.23. The van der Waals surface area contributed by atoms with Crippen LogP contribution in [0.5, 0.6) is 0 Å². The first-order valence-corrected chi connectivity index (χ1v) is 7.34. The number of rotatable bonds is 4. The number of non-ortho nitro benzene ring substituents is 1. The van der Waals surface area contributed by atoms with Crippen molar-refractivity contribution < 1.29 is 4.92 Å². The Morgan fingerprint density at radius 1 is 1.32 bits per heavy atom. The second-order valence-electron chi connectivity index (χ2n) is 4.63. The SMILES string of the molecule is Cc1cc(=O)[nH]c2nnc(SCc3ccc([N+](=O)[O-])cc3)n12. The Morgan fingerprint density at radius 2 is 2.05 bits per heavy atom. The minimum Gasteiger partial charge on any atom is -0.291 e. The zero-order chi connectivity index (χ0) is 15.7. The van der Waals surface area contributed by atoms with Gasteiger partial charge in [-0.15, -0.1) is 10.2 Å². The fourth-order valence-electron chi connectivity index (χ4n) is 2.02. The number of nitrogens with one attached hydrogen (secondary N) is 1. The molecular weight excluding hydrogens is 306 g/mol. The number of aryl methyl sites for hydroxylation is 1. The van der Waals surface area contributed by atoms with Gasteiger partial charge in [0.2, 0.25) is 5.78 Å². The minimum atomic E-state index is -0.428. The molecular formula is C13H11N5O3S. The van der Waals surface area contributed by atoms with E-state index in [0.717, 1.165) is 11.3 Å². The van der Waals surface area contributed by atoms with Gasteiger partial charge in [0.1, 0.15) is 0 Å². The van der Waals surface area contributed by atoms with Crippen molar-refractivity contribution in [3.8, 4) is 0 Å². The molecule has 0 aliphatic rings. The Labute approximate surface area is 128 Å². The van der Waals surface area contributed by atoms with E-state index in [2.05, 4.69) is 15.2 Å². The number of fused-ring (bicyclic) bond motifs is 1. The van der Waals surface area contributed by atoms with Crippen molar-refractivity contribution in [2.45, 2.75) is 17.8 Å². The smallest absolute Gasteiger partial charge is 0.269 e. The molecule has 0 spiro atoms. The Morgan fingerprint density at radius 3 is 2.73 bits per heavy atom. The Hall–Kier alpha value is -2.68. The van der Waals surface area contributed by atoms with Gasteiger partial charge >= 0.3 is 0 Å². The summed E-state index contributed by atoms with van der Waals surface area (Å²) in [6.45, 7) is 1.81. The van der Waals surface area contributed by atoms with Gasteiger partial charge < -0.3 is 0 Å². The van der Waals surface area contributed by atoms with Gasteiger partial charge in [0.05, 0.1) is 4.92 Å². The lowest BCUT2D eigenvalue weighted by Crippen LogP contribution is -2.09. The van der Waals surface area contributed by atoms with Gasteiger partial charge in [0.25, 0.3) is 11.2 Å². The van der Waals surface area contributed by atoms with Crippen LogP contribution < -0.4 is 5.56 Å². The van der Waals surface area contributed by atoms with E-state index < -0.39 is 4.92 Å². The normalized spacial score (nSPS) is 11.0. The summed E-state index contributed by atoms with van der Waals surface area (Å²) in [6, 6.07) is 7.85. The van der Waals surface area contributed by atoms with Gasteiger partial charge in [0, 0.05) is 29.6 Å². The Balaban J connectivity index is 1.82. The fraction of sp³-hybridized carbons (Fsp3) is 0.154. The zero-order valence-corrected chi connectivity index (χ0v) is 12.3. The molecule has 3 aromatic rings. The molecule has 0 unspecified atom stereocenters. The summed E-state index contributed by atoms with van der Waals surface area (Å²) in [5, 5.41) is 19.3. The van der Waals surface area contributed by atoms with Crippen molar-refractivity contribution in [3.05, 3.63) is 62.1 Å². The van der Waals surface area contributed by atoms with Crippen LogP contribution in [0.4, 0.5) is 5.69 Å². The van der Waals surface area contributed by atoms with E-state index in [4.69, 9.17) is 0 Å². The second-order valence-corrected chi connectivity index (χ2v) is 5.57. The lowest BCUT2D eigenvalue weighted by Gasteiger charge is -2.03. The van der Waals surface area contributed by atoms with Crippen molar-refractivity contribution in [2.75, 3.05) is 0 Å². The molecule has 112 valence electrons. The molecule has 9 heteroatoms. The maximum atomic E-state index is 11.4. The largest absolute Gasteiger partial charge is 0.291 e. The lowest BCUT2D eigenvalue weighted by atomic mass is 10.2. The summed E-state index contributed by atoms with van der Waals surface area (Å²) in [5.74, 6) is 0.994. The summed E-state index contributed by atoms with van der Waals surface area (Å²) in [7, 11) is 0. The van der Waals surface area contributed by atoms with E-state index in [0.29, 0.717) is 16.7 Å². The number of hydrogen-bond acceptors (Lipinski definition) is 6. The van der Waals surface area contributed by atoms with Crippen LogP contribution in [0.3, 0.4) is 0 Å². The number of aromatic nitrogens is 4. The number of H-pyrrole nitrogens is 1. The summed E-state index contributed by atoms with van der Waals surface area (Å²) in [4.78, 5) is 24.2. The molecule has 0 saturated carbocycles. The number of nitrogens with zero attached hydrogens (tertiary/aromatic N) is 4. The molecule has 8 nitrogen and oxygen atoms in total. The van der Waals surface area contributed by atoms with Crippen molar-refractivity contribution in [3.63, 3.8) is 0 Å². The molecule has 0 atom stereocenters. The third-order valence-corrected chi connectivity index (χ3v) is 4.08. The predicted octanol–water partition coefficient (Wildman–Crippen LogP) is 1.93. The number of benzene rings is 1. The Bertz CT molecular complexity index is 900. The van der Waals surface area contributed by atoms with Crippen molar-refractivity contribution >= 4 is 23.2 Å². The molecule has 0 aliphatic heterocycles. The standard InChI is InChI=1S/C13H11N5O3S/c1-8-6-11(19)14-12-15-16-13(17(8)12)22-7-9-2-4-10(5-3-9)18(20)21/h2-6H,7H2,1H3,(H,14,15,19). The highest BCUT2D eigenvalue weighted by atomic mass is 32.2. The van der Waals surface area contributed by atoms with Gasteiger partial charge in [0.15, 0.2) is 5.16 Å². The number of nitro groups is 1. The molecule has 22 heavy (non-hydrogen) atoms. The zero-order valence-electron chi connectivity index (χ0n) is 11.5. The first-order chi connectivity index (χ1) is 10.5. The average Bonchev–Trinajstić information content (AvgIpc) is 2.88. The number of nitro benzene ring substituents is 1. The molecule has 2 heterocycles. The van der Waals surface area contributed by atoms with Crippen LogP contribution >= 0.6 is 11.8 Å². The van der Waals surface area contributed by atoms with E-state index in [1.807, 2.05) is 6.92 Å². The third kappa shape index (κ3) is 2.70. The molecule has 0 fully saturated rings. The van der Waals surface area contributed by atoms with Gasteiger partial charge in [-0.25, -0.2) is 0 Å². The van der Waals surface area contributed by atoms with Gasteiger partial charge in [-0.2, -0.15) is 0 Å². The molecule has 3 rings (SSSR count). The van der Waals surface area contributed by atoms with Crippen LogP contribution in [-0.4, -0.2) is 24.5 Å². The summed E-state index contributed by atoms with van der Waals surface area (Å²) in [6.07, 6.45) is 0. The average molecular weight is 317 g/mol. The summed E-state index contributed by atoms with van der Waals surface area (Å²) in [5.41, 5.74) is 1.53. The highest BCUT2D eigenvalue weighted by molar-refractivity contribution is 7.98. The van der Waals surface area contributed by atoms with Gasteiger partial charge in [-0.05, 0) is 12.5 Å². The number of hydrogen-bond donors (Lipinski definition) is 1. The fourth-order valence-corrected chi connectivity index (χ4v) is 2.97. The molecule has 1 N–H and O–H groups in total. The van der Waals surface area contributed by atoms with Crippen molar-refractivity contribution in [1.29, 1.82) is 0 Å². The Kier molecular flexibility index (Phi) is 3.63. The number of aromatic amines is 1. The van der Waals surface area contributed by atoms with Crippen LogP contribution in [-0.2, 0) is 5.75 Å². The maximum absolute atomic E-state index is 11.4. The van der Waals surface area contributed by atoms with Crippen LogP contribution in [0.15, 0.2) is 40.3 Å². The topological polar surface area (TPSA) is 106 Å². The molecule has 1 aromatic carbocycles. The highest BCUT2D eigenvalue weighted by Gasteiger charge is 2.10. The second kappa shape index (κ2) is 5.60. The van der Waals surface area contributed by atoms with Crippen LogP contribution in [0.2, 0.25) is 0 Å². The summed E-state index contributed by atoms with van der Waals surface area (Å²) >= 11 is 1.44. The van der Waals surface area contributed by atoms with Crippen LogP contribution in [0.1, 0.15) is 11.3 Å². The molecule has 0 aliphatic carbocycles. The van der Waals surface area contributed by atoms with E-state index in [1.54, 1.807) is 16.5 Å². The van der Waals surface area contributed by atoms with Gasteiger partial charge in [-0.3, -0.25) is 24.3 Å². The van der Waals surface area contributed by atoms with E-state index in [1.165, 1.54) is 30.0 Å². The van der Waals surface area contributed by atoms with E-state index >= 15 is 0 Å². The molecule has 0 bridgehead atoms. The van der Waals surface area contributed by atoms with Crippen LogP contribution in [0, 0.1) is 17.0 Å². The monoisotopic (exact) mass is 317 g/mol. The maximum Gasteiger partial charge on any atom is 0.269 e. The first-order valence-electron chi connectivity index (χ1n) is 6.36. The molecule has 2 aromatic heterocycles. The van der Waals surface area contributed by atoms with Crippen molar-refractivity contribution in [2.24, 2.45) is 0 Å². The molecule has 0 amide bonds. The van der Waals surface area contributed by atoms with Crippen LogP contribution in [0.25, 0.3) is 5.78 Å². The molecule has 0 radical (unpaired) electrons. The first kappa shape index (κ1) is 14.3. The number of thioether (sulfide) groups is 1. The van der Waals surface area contributed by atoms with Gasteiger partial charge in [-0.1, -0.05) is 23.9 Å². The molecule has 0 saturated heterocycles. The predicted molar refractivity (Wildman–Crippen MR) is 81.0 cm³/mol. The quantitative estimate of drug-likeness (QED) is 0.447. The minimum absolute atomic E-state index is 0.0649. The third-order valence-electron chi connectivity index (χ3n) is 3.08.